The minimum absolute atomic E-state index is 0.117. The fraction of sp³-hybridized carbons (Fsp3) is 1.00. The van der Waals surface area contributed by atoms with Crippen LogP contribution in [0.2, 0.25) is 0 Å². The average molecular weight is 196 g/mol. The van der Waals surface area contributed by atoms with Gasteiger partial charge in [-0.1, -0.05) is 26.2 Å². The second-order valence-electron chi connectivity index (χ2n) is 3.53. The van der Waals surface area contributed by atoms with Crippen LogP contribution in [-0.4, -0.2) is 18.4 Å². The summed E-state index contributed by atoms with van der Waals surface area (Å²) in [7, 11) is 0. The van der Waals surface area contributed by atoms with Gasteiger partial charge in [0, 0.05) is 0 Å². The Bertz CT molecular complexity index is 155. The van der Waals surface area contributed by atoms with Crippen LogP contribution < -0.4 is 0 Å². The van der Waals surface area contributed by atoms with Crippen LogP contribution in [0.3, 0.4) is 0 Å². The van der Waals surface area contributed by atoms with Crippen molar-refractivity contribution in [3.05, 3.63) is 0 Å². The van der Waals surface area contributed by atoms with Crippen LogP contribution in [-0.2, 0) is 4.74 Å². The Morgan fingerprint density at radius 2 is 1.85 bits per heavy atom. The first kappa shape index (κ1) is 10.8. The predicted molar refractivity (Wildman–Crippen MR) is 43.5 cm³/mol. The summed E-state index contributed by atoms with van der Waals surface area (Å²) < 4.78 is 40.4. The molecule has 0 aromatic carbocycles. The highest BCUT2D eigenvalue weighted by atomic mass is 19.4. The van der Waals surface area contributed by atoms with Gasteiger partial charge >= 0.3 is 6.18 Å². The van der Waals surface area contributed by atoms with Crippen LogP contribution in [0.25, 0.3) is 0 Å². The molecule has 4 heteroatoms. The molecule has 1 fully saturated rings. The average Bonchev–Trinajstić information content (AvgIpc) is 2.65. The van der Waals surface area contributed by atoms with Crippen LogP contribution in [0.4, 0.5) is 13.2 Å². The van der Waals surface area contributed by atoms with Crippen molar-refractivity contribution in [1.82, 2.24) is 0 Å². The van der Waals surface area contributed by atoms with Crippen LogP contribution in [0, 0.1) is 0 Å². The lowest BCUT2D eigenvalue weighted by molar-refractivity contribution is -0.137. The van der Waals surface area contributed by atoms with Gasteiger partial charge in [0.1, 0.15) is 0 Å². The molecule has 0 spiro atoms. The zero-order valence-corrected chi connectivity index (χ0v) is 7.73. The van der Waals surface area contributed by atoms with Crippen molar-refractivity contribution in [2.45, 2.75) is 57.4 Å². The largest absolute Gasteiger partial charge is 0.391 e. The zero-order chi connectivity index (χ0) is 9.90. The van der Waals surface area contributed by atoms with E-state index in [1.54, 1.807) is 0 Å². The number of rotatable bonds is 5. The summed E-state index contributed by atoms with van der Waals surface area (Å²) in [6.07, 6.45) is -1.56. The first-order chi connectivity index (χ1) is 6.03. The van der Waals surface area contributed by atoms with Crippen molar-refractivity contribution in [1.29, 1.82) is 0 Å². The smallest absolute Gasteiger partial charge is 0.369 e. The summed E-state index contributed by atoms with van der Waals surface area (Å²) in [6.45, 7) is 2.07. The van der Waals surface area contributed by atoms with Gasteiger partial charge in [0.05, 0.1) is 18.6 Å². The van der Waals surface area contributed by atoms with E-state index in [-0.39, 0.29) is 6.10 Å². The van der Waals surface area contributed by atoms with E-state index in [1.165, 1.54) is 0 Å². The van der Waals surface area contributed by atoms with Gasteiger partial charge in [0.15, 0.2) is 0 Å². The zero-order valence-electron chi connectivity index (χ0n) is 7.73. The third kappa shape index (κ3) is 4.50. The van der Waals surface area contributed by atoms with Crippen molar-refractivity contribution in [2.24, 2.45) is 0 Å². The van der Waals surface area contributed by atoms with Gasteiger partial charge in [-0.15, -0.1) is 0 Å². The van der Waals surface area contributed by atoms with E-state index in [0.717, 1.165) is 25.7 Å². The number of halogens is 3. The summed E-state index contributed by atoms with van der Waals surface area (Å²) in [5, 5.41) is 0. The maximum absolute atomic E-state index is 11.8. The predicted octanol–water partition coefficient (Wildman–Crippen LogP) is 3.29. The number of alkyl halides is 3. The molecule has 1 nitrogen and oxygen atoms in total. The number of hydrogen-bond acceptors (Lipinski definition) is 1. The van der Waals surface area contributed by atoms with Gasteiger partial charge in [-0.05, 0) is 6.42 Å². The molecule has 0 bridgehead atoms. The van der Waals surface area contributed by atoms with E-state index in [2.05, 4.69) is 6.92 Å². The SMILES string of the molecule is CCCCCC1OC1CC(F)(F)F. The van der Waals surface area contributed by atoms with Gasteiger partial charge < -0.3 is 4.74 Å². The summed E-state index contributed by atoms with van der Waals surface area (Å²) in [5.41, 5.74) is 0. The minimum Gasteiger partial charge on any atom is -0.369 e. The molecule has 0 aliphatic carbocycles. The normalized spacial score (nSPS) is 27.7. The maximum atomic E-state index is 11.8. The molecule has 1 saturated heterocycles. The van der Waals surface area contributed by atoms with Crippen molar-refractivity contribution < 1.29 is 17.9 Å². The number of unbranched alkanes of at least 4 members (excludes halogenated alkanes) is 2. The van der Waals surface area contributed by atoms with Crippen molar-refractivity contribution in [2.75, 3.05) is 0 Å². The number of epoxide rings is 1. The van der Waals surface area contributed by atoms with E-state index in [9.17, 15) is 13.2 Å². The minimum atomic E-state index is -4.07. The van der Waals surface area contributed by atoms with E-state index in [0.29, 0.717) is 0 Å². The third-order valence-corrected chi connectivity index (χ3v) is 2.21. The lowest BCUT2D eigenvalue weighted by Gasteiger charge is -2.01. The summed E-state index contributed by atoms with van der Waals surface area (Å²) in [6, 6.07) is 0. The number of ether oxygens (including phenoxy) is 1. The van der Waals surface area contributed by atoms with Gasteiger partial charge in [0.25, 0.3) is 0 Å². The van der Waals surface area contributed by atoms with Crippen molar-refractivity contribution in [3.8, 4) is 0 Å². The summed E-state index contributed by atoms with van der Waals surface area (Å²) in [5.74, 6) is 0. The Morgan fingerprint density at radius 3 is 2.38 bits per heavy atom. The summed E-state index contributed by atoms with van der Waals surface area (Å²) >= 11 is 0. The Labute approximate surface area is 76.3 Å². The molecule has 1 rings (SSSR count). The Hall–Kier alpha value is -0.250. The van der Waals surface area contributed by atoms with Gasteiger partial charge in [-0.25, -0.2) is 0 Å². The molecular weight excluding hydrogens is 181 g/mol. The molecule has 2 unspecified atom stereocenters. The van der Waals surface area contributed by atoms with Crippen molar-refractivity contribution in [3.63, 3.8) is 0 Å². The molecule has 0 saturated carbocycles. The quantitative estimate of drug-likeness (QED) is 0.485. The van der Waals surface area contributed by atoms with Gasteiger partial charge in [-0.3, -0.25) is 0 Å². The molecule has 13 heavy (non-hydrogen) atoms. The van der Waals surface area contributed by atoms with Gasteiger partial charge in [0.2, 0.25) is 0 Å². The fourth-order valence-electron chi connectivity index (χ4n) is 1.44. The van der Waals surface area contributed by atoms with Crippen LogP contribution in [0.15, 0.2) is 0 Å². The van der Waals surface area contributed by atoms with Crippen LogP contribution in [0.5, 0.6) is 0 Å². The first-order valence-corrected chi connectivity index (χ1v) is 4.75. The molecular formula is C9H15F3O. The molecule has 0 amide bonds. The molecule has 0 aromatic heterocycles. The summed E-state index contributed by atoms with van der Waals surface area (Å²) in [4.78, 5) is 0. The molecule has 78 valence electrons. The van der Waals surface area contributed by atoms with E-state index in [4.69, 9.17) is 4.74 Å². The molecule has 2 atom stereocenters. The van der Waals surface area contributed by atoms with Gasteiger partial charge in [-0.2, -0.15) is 13.2 Å². The highest BCUT2D eigenvalue weighted by molar-refractivity contribution is 4.86. The maximum Gasteiger partial charge on any atom is 0.391 e. The fourth-order valence-corrected chi connectivity index (χ4v) is 1.44. The van der Waals surface area contributed by atoms with Crippen molar-refractivity contribution >= 4 is 0 Å². The Morgan fingerprint density at radius 1 is 1.15 bits per heavy atom. The number of hydrogen-bond donors (Lipinski definition) is 0. The van der Waals surface area contributed by atoms with Crippen LogP contribution >= 0.6 is 0 Å². The second kappa shape index (κ2) is 4.31. The van der Waals surface area contributed by atoms with Crippen LogP contribution in [0.1, 0.15) is 39.0 Å². The molecule has 0 radical (unpaired) electrons. The standard InChI is InChI=1S/C9H15F3O/c1-2-3-4-5-7-8(13-7)6-9(10,11)12/h7-8H,2-6H2,1H3. The molecule has 1 aliphatic heterocycles. The topological polar surface area (TPSA) is 12.5 Å². The Balaban J connectivity index is 2.03. The van der Waals surface area contributed by atoms with E-state index >= 15 is 0 Å². The molecule has 1 heterocycles. The lowest BCUT2D eigenvalue weighted by Crippen LogP contribution is -2.12. The van der Waals surface area contributed by atoms with E-state index in [1.807, 2.05) is 0 Å². The van der Waals surface area contributed by atoms with E-state index < -0.39 is 18.7 Å². The Kier molecular flexibility index (Phi) is 3.59. The second-order valence-corrected chi connectivity index (χ2v) is 3.53. The first-order valence-electron chi connectivity index (χ1n) is 4.75. The molecule has 0 N–H and O–H groups in total. The monoisotopic (exact) mass is 196 g/mol. The lowest BCUT2D eigenvalue weighted by atomic mass is 10.1. The highest BCUT2D eigenvalue weighted by Crippen LogP contribution is 2.36. The molecule has 1 aliphatic rings. The highest BCUT2D eigenvalue weighted by Gasteiger charge is 2.45. The third-order valence-electron chi connectivity index (χ3n) is 2.21. The molecule has 0 aromatic rings.